The van der Waals surface area contributed by atoms with Gasteiger partial charge in [0.05, 0.1) is 4.92 Å². The summed E-state index contributed by atoms with van der Waals surface area (Å²) in [6.45, 7) is 1.81. The van der Waals surface area contributed by atoms with Crippen LogP contribution in [0.15, 0.2) is 18.2 Å². The molecule has 1 aromatic heterocycles. The summed E-state index contributed by atoms with van der Waals surface area (Å²) >= 11 is 0. The number of hydrogen-bond donors (Lipinski definition) is 2. The second-order valence-electron chi connectivity index (χ2n) is 3.80. The van der Waals surface area contributed by atoms with Gasteiger partial charge < -0.3 is 5.32 Å². The number of halogens is 1. The Labute approximate surface area is 112 Å². The maximum absolute atomic E-state index is 13.6. The molecule has 2 rings (SSSR count). The van der Waals surface area contributed by atoms with Gasteiger partial charge in [-0.2, -0.15) is 0 Å². The Morgan fingerprint density at radius 1 is 1.55 bits per heavy atom. The van der Waals surface area contributed by atoms with Gasteiger partial charge in [-0.1, -0.05) is 13.0 Å². The monoisotopic (exact) mass is 279 g/mol. The zero-order valence-electron chi connectivity index (χ0n) is 10.4. The minimum absolute atomic E-state index is 0.209. The van der Waals surface area contributed by atoms with Gasteiger partial charge in [-0.25, -0.2) is 9.37 Å². The number of nitrogens with zero attached hydrogens (tertiary/aromatic N) is 3. The van der Waals surface area contributed by atoms with Crippen molar-refractivity contribution in [1.29, 1.82) is 0 Å². The van der Waals surface area contributed by atoms with Crippen LogP contribution in [0.3, 0.4) is 0 Å². The van der Waals surface area contributed by atoms with Crippen LogP contribution in [0.25, 0.3) is 0 Å². The molecule has 0 aliphatic heterocycles. The molecule has 0 saturated heterocycles. The number of H-pyrrole nitrogens is 1. The van der Waals surface area contributed by atoms with E-state index in [4.69, 9.17) is 0 Å². The molecule has 0 saturated carbocycles. The number of nitrogens with one attached hydrogen (secondary N) is 2. The first-order valence-electron chi connectivity index (χ1n) is 5.68. The lowest BCUT2D eigenvalue weighted by atomic mass is 10.2. The Morgan fingerprint density at radius 2 is 2.30 bits per heavy atom. The van der Waals surface area contributed by atoms with E-state index in [0.29, 0.717) is 12.2 Å². The fraction of sp³-hybridized carbons (Fsp3) is 0.182. The fourth-order valence-corrected chi connectivity index (χ4v) is 1.51. The van der Waals surface area contributed by atoms with Crippen molar-refractivity contribution in [2.24, 2.45) is 0 Å². The van der Waals surface area contributed by atoms with Crippen molar-refractivity contribution in [3.8, 4) is 0 Å². The first kappa shape index (κ1) is 13.6. The number of nitro groups is 1. The van der Waals surface area contributed by atoms with Crippen LogP contribution in [0.2, 0.25) is 0 Å². The Bertz CT molecular complexity index is 670. The van der Waals surface area contributed by atoms with Gasteiger partial charge in [0.25, 0.3) is 11.6 Å². The number of carbonyl (C=O) groups excluding carboxylic acids is 1. The molecule has 1 amide bonds. The molecule has 0 aliphatic rings. The zero-order chi connectivity index (χ0) is 14.7. The third-order valence-electron chi connectivity index (χ3n) is 2.50. The molecular weight excluding hydrogens is 269 g/mol. The second-order valence-corrected chi connectivity index (χ2v) is 3.80. The van der Waals surface area contributed by atoms with Crippen LogP contribution in [0.4, 0.5) is 15.8 Å². The van der Waals surface area contributed by atoms with Gasteiger partial charge in [-0.3, -0.25) is 20.0 Å². The van der Waals surface area contributed by atoms with Gasteiger partial charge >= 0.3 is 0 Å². The lowest BCUT2D eigenvalue weighted by Gasteiger charge is -2.04. The largest absolute Gasteiger partial charge is 0.311 e. The molecule has 0 bridgehead atoms. The average molecular weight is 279 g/mol. The lowest BCUT2D eigenvalue weighted by molar-refractivity contribution is -0.384. The lowest BCUT2D eigenvalue weighted by Crippen LogP contribution is -2.16. The van der Waals surface area contributed by atoms with Crippen molar-refractivity contribution in [3.05, 3.63) is 45.8 Å². The summed E-state index contributed by atoms with van der Waals surface area (Å²) in [7, 11) is 0. The smallest absolute Gasteiger partial charge is 0.295 e. The second kappa shape index (κ2) is 5.43. The molecule has 20 heavy (non-hydrogen) atoms. The Morgan fingerprint density at radius 3 is 2.90 bits per heavy atom. The minimum atomic E-state index is -0.904. The molecule has 9 heteroatoms. The van der Waals surface area contributed by atoms with Gasteiger partial charge in [-0.15, -0.1) is 5.10 Å². The van der Waals surface area contributed by atoms with E-state index in [1.807, 2.05) is 6.92 Å². The Balaban J connectivity index is 2.30. The Kier molecular flexibility index (Phi) is 3.69. The number of para-hydroxylation sites is 1. The highest BCUT2D eigenvalue weighted by molar-refractivity contribution is 6.02. The van der Waals surface area contributed by atoms with Crippen LogP contribution in [-0.2, 0) is 6.42 Å². The third-order valence-corrected chi connectivity index (χ3v) is 2.50. The summed E-state index contributed by atoms with van der Waals surface area (Å²) in [5.74, 6) is -1.45. The summed E-state index contributed by atoms with van der Waals surface area (Å²) in [6.07, 6.45) is 0.542. The predicted molar refractivity (Wildman–Crippen MR) is 66.8 cm³/mol. The summed E-state index contributed by atoms with van der Waals surface area (Å²) < 4.78 is 13.6. The molecule has 2 aromatic rings. The topological polar surface area (TPSA) is 114 Å². The quantitative estimate of drug-likeness (QED) is 0.652. The molecule has 104 valence electrons. The van der Waals surface area contributed by atoms with Crippen molar-refractivity contribution in [3.63, 3.8) is 0 Å². The summed E-state index contributed by atoms with van der Waals surface area (Å²) in [4.78, 5) is 25.7. The summed E-state index contributed by atoms with van der Waals surface area (Å²) in [6, 6.07) is 3.29. The molecule has 0 atom stereocenters. The van der Waals surface area contributed by atoms with Crippen LogP contribution in [0, 0.1) is 15.9 Å². The van der Waals surface area contributed by atoms with Crippen LogP contribution < -0.4 is 5.32 Å². The van der Waals surface area contributed by atoms with E-state index in [9.17, 15) is 19.3 Å². The van der Waals surface area contributed by atoms with E-state index in [1.54, 1.807) is 0 Å². The van der Waals surface area contributed by atoms with Gasteiger partial charge in [0.1, 0.15) is 5.82 Å². The van der Waals surface area contributed by atoms with E-state index in [1.165, 1.54) is 6.07 Å². The predicted octanol–water partition coefficient (Wildman–Crippen LogP) is 1.67. The van der Waals surface area contributed by atoms with Gasteiger partial charge in [0.15, 0.2) is 11.5 Å². The van der Waals surface area contributed by atoms with Crippen molar-refractivity contribution in [1.82, 2.24) is 15.2 Å². The van der Waals surface area contributed by atoms with E-state index in [-0.39, 0.29) is 5.82 Å². The standard InChI is InChI=1S/C11H10FN5O3/c1-2-8-13-10(16-15-8)11(18)14-9-6(12)4-3-5-7(9)17(19)20/h3-5H,2H2,1H3,(H,14,18)(H,13,15,16). The third kappa shape index (κ3) is 2.60. The van der Waals surface area contributed by atoms with Gasteiger partial charge in [-0.05, 0) is 6.07 Å². The molecule has 1 aromatic carbocycles. The van der Waals surface area contributed by atoms with E-state index in [2.05, 4.69) is 20.5 Å². The van der Waals surface area contributed by atoms with E-state index in [0.717, 1.165) is 12.1 Å². The number of hydrogen-bond acceptors (Lipinski definition) is 5. The number of aromatic amines is 1. The first-order valence-corrected chi connectivity index (χ1v) is 5.68. The normalized spacial score (nSPS) is 10.3. The van der Waals surface area contributed by atoms with Crippen LogP contribution in [-0.4, -0.2) is 26.0 Å². The molecule has 0 fully saturated rings. The van der Waals surface area contributed by atoms with Gasteiger partial charge in [0, 0.05) is 12.5 Å². The SMILES string of the molecule is CCc1nc(C(=O)Nc2c(F)cccc2[N+](=O)[O-])n[nH]1. The maximum atomic E-state index is 13.6. The van der Waals surface area contributed by atoms with Crippen LogP contribution in [0.5, 0.6) is 0 Å². The highest BCUT2D eigenvalue weighted by atomic mass is 19.1. The molecule has 2 N–H and O–H groups in total. The highest BCUT2D eigenvalue weighted by Gasteiger charge is 2.22. The number of anilines is 1. The van der Waals surface area contributed by atoms with E-state index < -0.39 is 28.0 Å². The number of rotatable bonds is 4. The molecule has 0 radical (unpaired) electrons. The number of benzene rings is 1. The van der Waals surface area contributed by atoms with Crippen LogP contribution >= 0.6 is 0 Å². The molecule has 0 unspecified atom stereocenters. The number of aryl methyl sites for hydroxylation is 1. The minimum Gasteiger partial charge on any atom is -0.311 e. The Hall–Kier alpha value is -2.84. The summed E-state index contributed by atoms with van der Waals surface area (Å²) in [5.41, 5.74) is -1.05. The highest BCUT2D eigenvalue weighted by Crippen LogP contribution is 2.27. The van der Waals surface area contributed by atoms with Gasteiger partial charge in [0.2, 0.25) is 5.82 Å². The van der Waals surface area contributed by atoms with Crippen molar-refractivity contribution < 1.29 is 14.1 Å². The van der Waals surface area contributed by atoms with Crippen molar-refractivity contribution >= 4 is 17.3 Å². The van der Waals surface area contributed by atoms with Crippen LogP contribution in [0.1, 0.15) is 23.4 Å². The molecule has 0 spiro atoms. The van der Waals surface area contributed by atoms with Crippen molar-refractivity contribution in [2.45, 2.75) is 13.3 Å². The maximum Gasteiger partial charge on any atom is 0.295 e. The molecule has 8 nitrogen and oxygen atoms in total. The number of aromatic nitrogens is 3. The zero-order valence-corrected chi connectivity index (χ0v) is 10.4. The van der Waals surface area contributed by atoms with E-state index >= 15 is 0 Å². The number of amides is 1. The number of carbonyl (C=O) groups is 1. The fourth-order valence-electron chi connectivity index (χ4n) is 1.51. The summed E-state index contributed by atoms with van der Waals surface area (Å²) in [5, 5.41) is 19.1. The molecule has 1 heterocycles. The molecular formula is C11H10FN5O3. The first-order chi connectivity index (χ1) is 9.52. The number of nitro benzene ring substituents is 1. The van der Waals surface area contributed by atoms with Crippen molar-refractivity contribution in [2.75, 3.05) is 5.32 Å². The molecule has 0 aliphatic carbocycles. The average Bonchev–Trinajstić information content (AvgIpc) is 2.89.